The Kier molecular flexibility index (Phi) is 1.88. The molecule has 1 aliphatic rings. The summed E-state index contributed by atoms with van der Waals surface area (Å²) in [6.45, 7) is 0. The van der Waals surface area contributed by atoms with Crippen LogP contribution in [0.2, 0.25) is 5.54 Å². The molecule has 0 radical (unpaired) electrons. The van der Waals surface area contributed by atoms with E-state index in [2.05, 4.69) is 0 Å². The molecule has 0 spiro atoms. The fraction of sp³-hybridized carbons (Fsp3) is 1.00. The predicted molar refractivity (Wildman–Crippen MR) is 33.0 cm³/mol. The number of rotatable bonds is 1. The van der Waals surface area contributed by atoms with Crippen LogP contribution < -0.4 is 0 Å². The van der Waals surface area contributed by atoms with Crippen molar-refractivity contribution in [2.75, 3.05) is 0 Å². The molecule has 0 atom stereocenters. The quantitative estimate of drug-likeness (QED) is 0.492. The molecule has 0 aromatic heterocycles. The Morgan fingerprint density at radius 2 is 1.86 bits per heavy atom. The highest BCUT2D eigenvalue weighted by molar-refractivity contribution is 6.27. The number of hydrogen-bond donors (Lipinski definition) is 1. The molecular weight excluding hydrogens is 104 g/mol. The summed E-state index contributed by atoms with van der Waals surface area (Å²) >= 11 is 0. The van der Waals surface area contributed by atoms with Crippen molar-refractivity contribution in [1.82, 2.24) is 0 Å². The third kappa shape index (κ3) is 1.28. The summed E-state index contributed by atoms with van der Waals surface area (Å²) in [5.74, 6) is 0. The first-order valence-electron chi connectivity index (χ1n) is 3.04. The fourth-order valence-electron chi connectivity index (χ4n) is 1.19. The van der Waals surface area contributed by atoms with Crippen LogP contribution in [-0.2, 0) is 0 Å². The Morgan fingerprint density at radius 1 is 1.29 bits per heavy atom. The van der Waals surface area contributed by atoms with Crippen LogP contribution in [0.4, 0.5) is 0 Å². The first-order valence-corrected chi connectivity index (χ1v) is 4.49. The first-order chi connectivity index (χ1) is 3.43. The molecule has 0 aromatic rings. The van der Waals surface area contributed by atoms with Gasteiger partial charge in [-0.15, -0.1) is 0 Å². The van der Waals surface area contributed by atoms with Crippen LogP contribution in [0.25, 0.3) is 0 Å². The predicted octanol–water partition coefficient (Wildman–Crippen LogP) is 0.425. The van der Waals surface area contributed by atoms with E-state index in [1.165, 1.54) is 25.7 Å². The first kappa shape index (κ1) is 5.32. The molecule has 0 bridgehead atoms. The minimum atomic E-state index is -0.610. The van der Waals surface area contributed by atoms with Gasteiger partial charge in [-0.25, -0.2) is 0 Å². The van der Waals surface area contributed by atoms with Crippen molar-refractivity contribution in [2.45, 2.75) is 31.2 Å². The Labute approximate surface area is 46.7 Å². The van der Waals surface area contributed by atoms with Gasteiger partial charge in [0, 0.05) is 0 Å². The lowest BCUT2D eigenvalue weighted by atomic mass is 10.4. The second-order valence-corrected chi connectivity index (χ2v) is 3.85. The van der Waals surface area contributed by atoms with Gasteiger partial charge in [-0.1, -0.05) is 25.7 Å². The molecule has 0 aliphatic heterocycles. The maximum absolute atomic E-state index is 8.70. The van der Waals surface area contributed by atoms with Crippen LogP contribution in [0.15, 0.2) is 0 Å². The zero-order chi connectivity index (χ0) is 5.11. The van der Waals surface area contributed by atoms with Crippen molar-refractivity contribution in [1.29, 1.82) is 0 Å². The molecule has 2 heteroatoms. The van der Waals surface area contributed by atoms with Gasteiger partial charge in [0.05, 0.1) is 0 Å². The molecule has 1 rings (SSSR count). The van der Waals surface area contributed by atoms with Gasteiger partial charge < -0.3 is 4.80 Å². The van der Waals surface area contributed by atoms with E-state index < -0.39 is 9.76 Å². The molecule has 0 unspecified atom stereocenters. The highest BCUT2D eigenvalue weighted by Gasteiger charge is 2.12. The highest BCUT2D eigenvalue weighted by atomic mass is 28.2. The molecule has 42 valence electrons. The zero-order valence-corrected chi connectivity index (χ0v) is 5.97. The van der Waals surface area contributed by atoms with E-state index in [0.29, 0.717) is 0 Å². The van der Waals surface area contributed by atoms with E-state index in [9.17, 15) is 0 Å². The number of hydrogen-bond acceptors (Lipinski definition) is 1. The lowest BCUT2D eigenvalue weighted by molar-refractivity contribution is 0.575. The highest BCUT2D eigenvalue weighted by Crippen LogP contribution is 2.27. The molecule has 0 amide bonds. The Hall–Kier alpha value is 0.177. The van der Waals surface area contributed by atoms with Gasteiger partial charge in [0.25, 0.3) is 0 Å². The van der Waals surface area contributed by atoms with Crippen molar-refractivity contribution in [3.8, 4) is 0 Å². The molecule has 1 N–H and O–H groups in total. The molecular formula is C5H12OSi. The van der Waals surface area contributed by atoms with Crippen LogP contribution >= 0.6 is 0 Å². The molecule has 1 fully saturated rings. The van der Waals surface area contributed by atoms with Crippen LogP contribution in [0, 0.1) is 0 Å². The Balaban J connectivity index is 2.14. The van der Waals surface area contributed by atoms with Gasteiger partial charge in [-0.3, -0.25) is 0 Å². The summed E-state index contributed by atoms with van der Waals surface area (Å²) in [5.41, 5.74) is 0.792. The second kappa shape index (κ2) is 2.48. The molecule has 1 nitrogen and oxygen atoms in total. The van der Waals surface area contributed by atoms with E-state index in [-0.39, 0.29) is 0 Å². The lowest BCUT2D eigenvalue weighted by Crippen LogP contribution is -1.95. The maximum Gasteiger partial charge on any atom is 0.159 e. The van der Waals surface area contributed by atoms with E-state index in [4.69, 9.17) is 4.80 Å². The molecule has 0 saturated heterocycles. The lowest BCUT2D eigenvalue weighted by Gasteiger charge is -1.97. The summed E-state index contributed by atoms with van der Waals surface area (Å²) in [5, 5.41) is 0. The smallest absolute Gasteiger partial charge is 0.159 e. The van der Waals surface area contributed by atoms with Gasteiger partial charge in [0.1, 0.15) is 0 Å². The van der Waals surface area contributed by atoms with Crippen molar-refractivity contribution in [3.63, 3.8) is 0 Å². The normalized spacial score (nSPS) is 25.3. The van der Waals surface area contributed by atoms with Crippen LogP contribution in [-0.4, -0.2) is 14.6 Å². The van der Waals surface area contributed by atoms with E-state index in [1.54, 1.807) is 0 Å². The molecule has 1 saturated carbocycles. The van der Waals surface area contributed by atoms with Gasteiger partial charge in [0.2, 0.25) is 0 Å². The summed E-state index contributed by atoms with van der Waals surface area (Å²) in [6, 6.07) is 0. The Bertz CT molecular complexity index is 50.0. The van der Waals surface area contributed by atoms with Gasteiger partial charge in [-0.2, -0.15) is 0 Å². The maximum atomic E-state index is 8.70. The molecule has 0 aromatic carbocycles. The van der Waals surface area contributed by atoms with Crippen LogP contribution in [0.3, 0.4) is 0 Å². The SMILES string of the molecule is O[SiH2]C1CCCC1. The second-order valence-electron chi connectivity index (χ2n) is 2.33. The van der Waals surface area contributed by atoms with E-state index in [1.807, 2.05) is 0 Å². The topological polar surface area (TPSA) is 20.2 Å². The summed E-state index contributed by atoms with van der Waals surface area (Å²) in [7, 11) is -0.610. The zero-order valence-electron chi connectivity index (χ0n) is 4.56. The fourth-order valence-corrected chi connectivity index (χ4v) is 2.14. The van der Waals surface area contributed by atoms with E-state index in [0.717, 1.165) is 5.54 Å². The summed E-state index contributed by atoms with van der Waals surface area (Å²) < 4.78 is 0. The van der Waals surface area contributed by atoms with E-state index >= 15 is 0 Å². The van der Waals surface area contributed by atoms with Gasteiger partial charge >= 0.3 is 0 Å². The molecule has 1 aliphatic carbocycles. The third-order valence-corrected chi connectivity index (χ3v) is 3.07. The van der Waals surface area contributed by atoms with Crippen LogP contribution in [0.5, 0.6) is 0 Å². The van der Waals surface area contributed by atoms with Gasteiger partial charge in [-0.05, 0) is 5.54 Å². The summed E-state index contributed by atoms with van der Waals surface area (Å²) in [4.78, 5) is 8.70. The van der Waals surface area contributed by atoms with Gasteiger partial charge in [0.15, 0.2) is 9.76 Å². The van der Waals surface area contributed by atoms with Crippen molar-refractivity contribution in [2.24, 2.45) is 0 Å². The third-order valence-electron chi connectivity index (χ3n) is 1.73. The summed E-state index contributed by atoms with van der Waals surface area (Å²) in [6.07, 6.45) is 5.39. The Morgan fingerprint density at radius 3 is 2.14 bits per heavy atom. The average molecular weight is 116 g/mol. The average Bonchev–Trinajstić information content (AvgIpc) is 2.14. The standard InChI is InChI=1S/C5H12OSi/c6-7-5-3-1-2-4-5/h5-6H,1-4,7H2. The van der Waals surface area contributed by atoms with Crippen molar-refractivity contribution >= 4 is 9.76 Å². The molecule has 7 heavy (non-hydrogen) atoms. The molecule has 0 heterocycles. The minimum absolute atomic E-state index is 0.610. The van der Waals surface area contributed by atoms with Crippen LogP contribution in [0.1, 0.15) is 25.7 Å². The largest absolute Gasteiger partial charge is 0.438 e. The van der Waals surface area contributed by atoms with Crippen molar-refractivity contribution in [3.05, 3.63) is 0 Å². The van der Waals surface area contributed by atoms with Crippen molar-refractivity contribution < 1.29 is 4.80 Å². The minimum Gasteiger partial charge on any atom is -0.438 e. The monoisotopic (exact) mass is 116 g/mol.